The van der Waals surface area contributed by atoms with Crippen molar-refractivity contribution in [2.45, 2.75) is 0 Å². The highest BCUT2D eigenvalue weighted by atomic mass is 14.9. The van der Waals surface area contributed by atoms with Crippen LogP contribution in [0.2, 0.25) is 0 Å². The molecule has 52 heavy (non-hydrogen) atoms. The van der Waals surface area contributed by atoms with Crippen LogP contribution in [0.25, 0.3) is 99.1 Å². The average Bonchev–Trinajstić information content (AvgIpc) is 3.22. The molecule has 1 aromatic heterocycles. The van der Waals surface area contributed by atoms with Gasteiger partial charge in [-0.05, 0) is 101 Å². The highest BCUT2D eigenvalue weighted by molar-refractivity contribution is 6.22. The first-order valence-corrected chi connectivity index (χ1v) is 17.7. The number of hydrogen-bond acceptors (Lipinski definition) is 2. The molecule has 0 aliphatic carbocycles. The van der Waals surface area contributed by atoms with Gasteiger partial charge < -0.3 is 0 Å². The zero-order valence-electron chi connectivity index (χ0n) is 28.4. The molecule has 0 saturated carbocycles. The molecular weight excluding hydrogens is 629 g/mol. The lowest BCUT2D eigenvalue weighted by molar-refractivity contribution is 1.18. The van der Waals surface area contributed by atoms with Gasteiger partial charge >= 0.3 is 0 Å². The van der Waals surface area contributed by atoms with Crippen LogP contribution in [0.4, 0.5) is 0 Å². The van der Waals surface area contributed by atoms with Crippen LogP contribution in [0, 0.1) is 0 Å². The maximum atomic E-state index is 4.90. The average molecular weight is 661 g/mol. The molecule has 0 amide bonds. The molecule has 0 unspecified atom stereocenters. The number of benzene rings is 9. The Morgan fingerprint density at radius 2 is 0.788 bits per heavy atom. The minimum Gasteiger partial charge on any atom is -0.237 e. The van der Waals surface area contributed by atoms with E-state index in [4.69, 9.17) is 4.98 Å². The van der Waals surface area contributed by atoms with Crippen LogP contribution < -0.4 is 0 Å². The van der Waals surface area contributed by atoms with Crippen LogP contribution >= 0.6 is 0 Å². The number of hydrogen-bond donors (Lipinski definition) is 0. The Kier molecular flexibility index (Phi) is 7.18. The second kappa shape index (κ2) is 12.5. The van der Waals surface area contributed by atoms with E-state index in [0.717, 1.165) is 28.2 Å². The zero-order valence-corrected chi connectivity index (χ0v) is 28.4. The summed E-state index contributed by atoms with van der Waals surface area (Å²) < 4.78 is 0. The lowest BCUT2D eigenvalue weighted by Crippen LogP contribution is -1.92. The third-order valence-corrected chi connectivity index (χ3v) is 10.3. The lowest BCUT2D eigenvalue weighted by atomic mass is 9.84. The van der Waals surface area contributed by atoms with Gasteiger partial charge in [-0.25, -0.2) is 9.97 Å². The third kappa shape index (κ3) is 5.21. The molecular formula is C50H32N2. The molecule has 0 aliphatic rings. The van der Waals surface area contributed by atoms with Gasteiger partial charge in [0.2, 0.25) is 0 Å². The summed E-state index contributed by atoms with van der Waals surface area (Å²) in [6.07, 6.45) is 1.84. The summed E-state index contributed by atoms with van der Waals surface area (Å²) in [6.45, 7) is 0. The molecule has 0 atom stereocenters. The van der Waals surface area contributed by atoms with Crippen LogP contribution in [0.15, 0.2) is 194 Å². The largest absolute Gasteiger partial charge is 0.237 e. The van der Waals surface area contributed by atoms with Gasteiger partial charge in [-0.3, -0.25) is 0 Å². The van der Waals surface area contributed by atoms with E-state index < -0.39 is 0 Å². The topological polar surface area (TPSA) is 25.8 Å². The van der Waals surface area contributed by atoms with Crippen molar-refractivity contribution in [3.05, 3.63) is 194 Å². The van der Waals surface area contributed by atoms with Crippen LogP contribution in [0.1, 0.15) is 0 Å². The monoisotopic (exact) mass is 660 g/mol. The van der Waals surface area contributed by atoms with E-state index >= 15 is 0 Å². The fourth-order valence-corrected chi connectivity index (χ4v) is 7.75. The van der Waals surface area contributed by atoms with Crippen molar-refractivity contribution < 1.29 is 0 Å². The van der Waals surface area contributed by atoms with Gasteiger partial charge in [0, 0.05) is 17.3 Å². The van der Waals surface area contributed by atoms with Gasteiger partial charge in [0.05, 0.1) is 5.69 Å². The molecule has 0 radical (unpaired) electrons. The Morgan fingerprint density at radius 3 is 1.44 bits per heavy atom. The second-order valence-electron chi connectivity index (χ2n) is 13.4. The quantitative estimate of drug-likeness (QED) is 0.172. The van der Waals surface area contributed by atoms with Crippen molar-refractivity contribution in [1.82, 2.24) is 9.97 Å². The van der Waals surface area contributed by atoms with Gasteiger partial charge in [0.25, 0.3) is 0 Å². The van der Waals surface area contributed by atoms with Crippen LogP contribution in [0.5, 0.6) is 0 Å². The molecule has 10 rings (SSSR count). The summed E-state index contributed by atoms with van der Waals surface area (Å²) in [4.78, 5) is 9.43. The molecule has 10 aromatic rings. The molecule has 0 bridgehead atoms. The van der Waals surface area contributed by atoms with E-state index in [1.54, 1.807) is 0 Å². The van der Waals surface area contributed by atoms with Crippen LogP contribution in [-0.2, 0) is 0 Å². The minimum absolute atomic E-state index is 0.729. The predicted molar refractivity (Wildman–Crippen MR) is 219 cm³/mol. The highest BCUT2D eigenvalue weighted by Gasteiger charge is 2.18. The smallest absolute Gasteiger partial charge is 0.159 e. The molecule has 0 saturated heterocycles. The van der Waals surface area contributed by atoms with Gasteiger partial charge in [-0.2, -0.15) is 0 Å². The number of rotatable bonds is 5. The Balaban J connectivity index is 1.17. The van der Waals surface area contributed by atoms with Gasteiger partial charge in [0.15, 0.2) is 5.82 Å². The van der Waals surface area contributed by atoms with Crippen molar-refractivity contribution in [2.24, 2.45) is 0 Å². The molecule has 0 spiro atoms. The van der Waals surface area contributed by atoms with E-state index in [2.05, 4.69) is 157 Å². The highest BCUT2D eigenvalue weighted by Crippen LogP contribution is 2.45. The van der Waals surface area contributed by atoms with E-state index in [1.807, 2.05) is 42.6 Å². The summed E-state index contributed by atoms with van der Waals surface area (Å²) in [5, 5.41) is 9.96. The number of fused-ring (bicyclic) bond motifs is 4. The van der Waals surface area contributed by atoms with Crippen molar-refractivity contribution in [2.75, 3.05) is 0 Å². The fraction of sp³-hybridized carbons (Fsp3) is 0. The second-order valence-corrected chi connectivity index (χ2v) is 13.4. The molecule has 0 fully saturated rings. The van der Waals surface area contributed by atoms with E-state index in [0.29, 0.717) is 0 Å². The third-order valence-electron chi connectivity index (χ3n) is 10.3. The molecule has 2 nitrogen and oxygen atoms in total. The van der Waals surface area contributed by atoms with Crippen molar-refractivity contribution >= 4 is 43.1 Å². The zero-order chi connectivity index (χ0) is 34.4. The van der Waals surface area contributed by atoms with Gasteiger partial charge in [-0.15, -0.1) is 0 Å². The van der Waals surface area contributed by atoms with Crippen molar-refractivity contribution in [1.29, 1.82) is 0 Å². The van der Waals surface area contributed by atoms with Crippen molar-refractivity contribution in [3.63, 3.8) is 0 Å². The summed E-state index contributed by atoms with van der Waals surface area (Å²) in [7, 11) is 0. The minimum atomic E-state index is 0.729. The molecule has 0 aliphatic heterocycles. The summed E-state index contributed by atoms with van der Waals surface area (Å²) in [5.41, 5.74) is 10.3. The summed E-state index contributed by atoms with van der Waals surface area (Å²) in [5.74, 6) is 0.729. The molecule has 2 heteroatoms. The standard InChI is InChI=1S/C50H32N2/c1-2-12-37(13-3-1)50-51-29-28-47(52-50)36-22-18-35(19-23-36)40-26-27-45-46(32-40)49(42-25-21-34-11-5-7-15-39(34)31-42)44-17-9-8-16-43(44)48(45)41-24-20-33-10-4-6-14-38(33)30-41/h1-32H. The van der Waals surface area contributed by atoms with E-state index in [9.17, 15) is 0 Å². The lowest BCUT2D eigenvalue weighted by Gasteiger charge is -2.19. The SMILES string of the molecule is c1ccc(-c2nccc(-c3ccc(-c4ccc5c(-c6ccc7ccccc7c6)c6ccccc6c(-c6ccc7ccccc7c6)c5c4)cc3)n2)cc1. The van der Waals surface area contributed by atoms with Crippen molar-refractivity contribution in [3.8, 4) is 56.0 Å². The van der Waals surface area contributed by atoms with Gasteiger partial charge in [0.1, 0.15) is 0 Å². The number of nitrogens with zero attached hydrogens (tertiary/aromatic N) is 2. The predicted octanol–water partition coefficient (Wildman–Crippen LogP) is 13.4. The first-order chi connectivity index (χ1) is 25.8. The Bertz CT molecular complexity index is 2940. The maximum Gasteiger partial charge on any atom is 0.159 e. The first-order valence-electron chi connectivity index (χ1n) is 17.7. The van der Waals surface area contributed by atoms with E-state index in [-0.39, 0.29) is 0 Å². The molecule has 1 heterocycles. The first kappa shape index (κ1) is 30.0. The molecule has 242 valence electrons. The Labute approximate surface area is 302 Å². The maximum absolute atomic E-state index is 4.90. The Morgan fingerprint density at radius 1 is 0.288 bits per heavy atom. The van der Waals surface area contributed by atoms with Gasteiger partial charge in [-0.1, -0.05) is 164 Å². The summed E-state index contributed by atoms with van der Waals surface area (Å²) >= 11 is 0. The Hall–Kier alpha value is -6.90. The van der Waals surface area contributed by atoms with E-state index in [1.165, 1.54) is 70.9 Å². The van der Waals surface area contributed by atoms with Crippen LogP contribution in [0.3, 0.4) is 0 Å². The molecule has 9 aromatic carbocycles. The number of aromatic nitrogens is 2. The molecule has 0 N–H and O–H groups in total. The fourth-order valence-electron chi connectivity index (χ4n) is 7.75. The summed E-state index contributed by atoms with van der Waals surface area (Å²) in [6, 6.07) is 67.8. The normalized spacial score (nSPS) is 11.5. The van der Waals surface area contributed by atoms with Crippen LogP contribution in [-0.4, -0.2) is 9.97 Å².